The molecule has 4 nitrogen and oxygen atoms in total. The van der Waals surface area contributed by atoms with E-state index in [9.17, 15) is 9.90 Å². The lowest BCUT2D eigenvalue weighted by Gasteiger charge is -2.47. The van der Waals surface area contributed by atoms with Crippen LogP contribution >= 0.6 is 0 Å². The van der Waals surface area contributed by atoms with Crippen molar-refractivity contribution < 1.29 is 9.90 Å². The molecule has 1 aliphatic heterocycles. The molecular formula is C12H22N2O2. The van der Waals surface area contributed by atoms with Crippen LogP contribution in [-0.2, 0) is 4.79 Å². The quantitative estimate of drug-likeness (QED) is 0.742. The number of carbonyl (C=O) groups is 1. The van der Waals surface area contributed by atoms with Gasteiger partial charge in [0, 0.05) is 12.0 Å². The molecule has 0 spiro atoms. The topological polar surface area (TPSA) is 66.6 Å². The van der Waals surface area contributed by atoms with Crippen LogP contribution in [0.5, 0.6) is 0 Å². The molecule has 2 aliphatic rings. The highest BCUT2D eigenvalue weighted by Gasteiger charge is 2.43. The molecule has 0 unspecified atom stereocenters. The zero-order valence-corrected chi connectivity index (χ0v) is 10.0. The fourth-order valence-corrected chi connectivity index (χ4v) is 2.73. The van der Waals surface area contributed by atoms with Gasteiger partial charge < -0.3 is 15.7 Å². The van der Waals surface area contributed by atoms with Gasteiger partial charge in [0.15, 0.2) is 0 Å². The molecule has 1 saturated carbocycles. The number of hydrogen-bond acceptors (Lipinski definition) is 3. The second-order valence-electron chi connectivity index (χ2n) is 5.57. The molecule has 1 amide bonds. The zero-order chi connectivity index (χ0) is 11.8. The lowest BCUT2D eigenvalue weighted by molar-refractivity contribution is -0.156. The van der Waals surface area contributed by atoms with E-state index in [1.807, 2.05) is 6.92 Å². The molecule has 0 atom stereocenters. The van der Waals surface area contributed by atoms with E-state index in [4.69, 9.17) is 5.73 Å². The predicted octanol–water partition coefficient (Wildman–Crippen LogP) is 0.631. The van der Waals surface area contributed by atoms with Crippen molar-refractivity contribution in [2.24, 2.45) is 5.73 Å². The maximum Gasteiger partial charge on any atom is 0.224 e. The average molecular weight is 226 g/mol. The number of likely N-dealkylation sites (tertiary alicyclic amines) is 1. The number of aliphatic hydroxyl groups is 1. The van der Waals surface area contributed by atoms with Crippen LogP contribution in [0.2, 0.25) is 0 Å². The molecule has 1 aliphatic carbocycles. The Balaban J connectivity index is 1.82. The van der Waals surface area contributed by atoms with Gasteiger partial charge in [-0.25, -0.2) is 0 Å². The molecule has 92 valence electrons. The van der Waals surface area contributed by atoms with Gasteiger partial charge >= 0.3 is 0 Å². The van der Waals surface area contributed by atoms with Crippen LogP contribution in [0.1, 0.15) is 45.4 Å². The Kier molecular flexibility index (Phi) is 2.97. The summed E-state index contributed by atoms with van der Waals surface area (Å²) in [6.45, 7) is 2.92. The van der Waals surface area contributed by atoms with Gasteiger partial charge in [-0.15, -0.1) is 0 Å². The van der Waals surface area contributed by atoms with E-state index in [0.29, 0.717) is 25.9 Å². The molecule has 2 fully saturated rings. The van der Waals surface area contributed by atoms with E-state index in [1.54, 1.807) is 4.90 Å². The molecular weight excluding hydrogens is 204 g/mol. The fourth-order valence-electron chi connectivity index (χ4n) is 2.73. The lowest BCUT2D eigenvalue weighted by Crippen LogP contribution is -2.64. The molecule has 16 heavy (non-hydrogen) atoms. The predicted molar refractivity (Wildman–Crippen MR) is 61.8 cm³/mol. The largest absolute Gasteiger partial charge is 0.386 e. The molecule has 1 heterocycles. The van der Waals surface area contributed by atoms with E-state index >= 15 is 0 Å². The van der Waals surface area contributed by atoms with E-state index < -0.39 is 5.60 Å². The third-order valence-electron chi connectivity index (χ3n) is 4.08. The van der Waals surface area contributed by atoms with Gasteiger partial charge in [0.05, 0.1) is 18.7 Å². The number of amides is 1. The van der Waals surface area contributed by atoms with Gasteiger partial charge in [-0.05, 0) is 19.3 Å². The summed E-state index contributed by atoms with van der Waals surface area (Å²) >= 11 is 0. The summed E-state index contributed by atoms with van der Waals surface area (Å²) in [4.78, 5) is 13.7. The van der Waals surface area contributed by atoms with Gasteiger partial charge in [-0.2, -0.15) is 0 Å². The molecule has 0 aromatic rings. The van der Waals surface area contributed by atoms with Crippen LogP contribution in [0.4, 0.5) is 0 Å². The molecule has 4 heteroatoms. The third-order valence-corrected chi connectivity index (χ3v) is 4.08. The van der Waals surface area contributed by atoms with Crippen LogP contribution < -0.4 is 5.73 Å². The van der Waals surface area contributed by atoms with E-state index in [2.05, 4.69) is 0 Å². The van der Waals surface area contributed by atoms with Crippen molar-refractivity contribution >= 4 is 5.91 Å². The number of β-amino-alcohol motifs (C(OH)–C–C–N with tert-alkyl or cyclic N) is 1. The SMILES string of the molecule is CCC1(O)CN(C(=O)CC2(N)CCCC2)C1. The minimum Gasteiger partial charge on any atom is -0.386 e. The maximum absolute atomic E-state index is 11.9. The summed E-state index contributed by atoms with van der Waals surface area (Å²) in [7, 11) is 0. The summed E-state index contributed by atoms with van der Waals surface area (Å²) in [6.07, 6.45) is 5.37. The number of rotatable bonds is 3. The van der Waals surface area contributed by atoms with Crippen LogP contribution in [0, 0.1) is 0 Å². The normalized spacial score (nSPS) is 26.6. The highest BCUT2D eigenvalue weighted by atomic mass is 16.3. The molecule has 0 bridgehead atoms. The molecule has 1 saturated heterocycles. The van der Waals surface area contributed by atoms with Gasteiger partial charge in [0.25, 0.3) is 0 Å². The summed E-state index contributed by atoms with van der Waals surface area (Å²) < 4.78 is 0. The Morgan fingerprint density at radius 2 is 1.94 bits per heavy atom. The molecule has 3 N–H and O–H groups in total. The van der Waals surface area contributed by atoms with Crippen molar-refractivity contribution in [3.05, 3.63) is 0 Å². The van der Waals surface area contributed by atoms with Crippen LogP contribution in [0.25, 0.3) is 0 Å². The average Bonchev–Trinajstić information content (AvgIpc) is 2.59. The van der Waals surface area contributed by atoms with Crippen LogP contribution in [-0.4, -0.2) is 40.1 Å². The van der Waals surface area contributed by atoms with E-state index in [0.717, 1.165) is 25.7 Å². The van der Waals surface area contributed by atoms with Crippen molar-refractivity contribution in [2.45, 2.75) is 56.6 Å². The van der Waals surface area contributed by atoms with Crippen molar-refractivity contribution in [3.63, 3.8) is 0 Å². The Labute approximate surface area is 96.8 Å². The number of hydrogen-bond donors (Lipinski definition) is 2. The molecule has 2 rings (SSSR count). The Morgan fingerprint density at radius 3 is 2.44 bits per heavy atom. The van der Waals surface area contributed by atoms with Crippen LogP contribution in [0.3, 0.4) is 0 Å². The summed E-state index contributed by atoms with van der Waals surface area (Å²) in [6, 6.07) is 0. The first kappa shape index (κ1) is 11.9. The van der Waals surface area contributed by atoms with Crippen molar-refractivity contribution in [1.82, 2.24) is 4.90 Å². The van der Waals surface area contributed by atoms with Crippen LogP contribution in [0.15, 0.2) is 0 Å². The Hall–Kier alpha value is -0.610. The van der Waals surface area contributed by atoms with E-state index in [-0.39, 0.29) is 11.4 Å². The maximum atomic E-state index is 11.9. The number of nitrogens with two attached hydrogens (primary N) is 1. The minimum atomic E-state index is -0.632. The molecule has 0 radical (unpaired) electrons. The first-order valence-corrected chi connectivity index (χ1v) is 6.25. The van der Waals surface area contributed by atoms with Crippen molar-refractivity contribution in [2.75, 3.05) is 13.1 Å². The number of nitrogens with zero attached hydrogens (tertiary/aromatic N) is 1. The summed E-state index contributed by atoms with van der Waals surface area (Å²) in [5.74, 6) is 0.113. The number of carbonyl (C=O) groups excluding carboxylic acids is 1. The molecule has 0 aromatic heterocycles. The summed E-state index contributed by atoms with van der Waals surface area (Å²) in [5, 5.41) is 9.84. The first-order chi connectivity index (χ1) is 7.46. The first-order valence-electron chi connectivity index (χ1n) is 6.25. The smallest absolute Gasteiger partial charge is 0.224 e. The molecule has 0 aromatic carbocycles. The van der Waals surface area contributed by atoms with Gasteiger partial charge in [0.2, 0.25) is 5.91 Å². The standard InChI is InChI=1S/C12H22N2O2/c1-2-12(16)8-14(9-12)10(15)7-11(13)5-3-4-6-11/h16H,2-9,13H2,1H3. The van der Waals surface area contributed by atoms with Crippen molar-refractivity contribution in [1.29, 1.82) is 0 Å². The minimum absolute atomic E-state index is 0.113. The van der Waals surface area contributed by atoms with Gasteiger partial charge in [0.1, 0.15) is 0 Å². The third kappa shape index (κ3) is 2.23. The summed E-state index contributed by atoms with van der Waals surface area (Å²) in [5.41, 5.74) is 5.27. The highest BCUT2D eigenvalue weighted by Crippen LogP contribution is 2.32. The Bertz CT molecular complexity index is 279. The monoisotopic (exact) mass is 226 g/mol. The Morgan fingerprint density at radius 1 is 1.38 bits per heavy atom. The zero-order valence-electron chi connectivity index (χ0n) is 10.0. The lowest BCUT2D eigenvalue weighted by atomic mass is 9.88. The van der Waals surface area contributed by atoms with Gasteiger partial charge in [-0.3, -0.25) is 4.79 Å². The van der Waals surface area contributed by atoms with E-state index in [1.165, 1.54) is 0 Å². The highest BCUT2D eigenvalue weighted by molar-refractivity contribution is 5.78. The van der Waals surface area contributed by atoms with Gasteiger partial charge in [-0.1, -0.05) is 19.8 Å². The second-order valence-corrected chi connectivity index (χ2v) is 5.57. The second kappa shape index (κ2) is 4.00. The fraction of sp³-hybridized carbons (Fsp3) is 0.917. The van der Waals surface area contributed by atoms with Crippen molar-refractivity contribution in [3.8, 4) is 0 Å².